The van der Waals surface area contributed by atoms with E-state index in [-0.39, 0.29) is 12.0 Å². The number of piperidine rings is 1. The lowest BCUT2D eigenvalue weighted by atomic mass is 10.0. The van der Waals surface area contributed by atoms with E-state index in [9.17, 15) is 9.90 Å². The summed E-state index contributed by atoms with van der Waals surface area (Å²) in [5.74, 6) is 0.232. The van der Waals surface area contributed by atoms with Crippen LogP contribution in [0.15, 0.2) is 0 Å². The molecule has 2 saturated heterocycles. The summed E-state index contributed by atoms with van der Waals surface area (Å²) in [5, 5.41) is 9.87. The van der Waals surface area contributed by atoms with Gasteiger partial charge >= 0.3 is 0 Å². The van der Waals surface area contributed by atoms with Gasteiger partial charge in [-0.3, -0.25) is 9.69 Å². The second-order valence-corrected chi connectivity index (χ2v) is 6.67. The third kappa shape index (κ3) is 3.93. The number of rotatable bonds is 4. The lowest BCUT2D eigenvalue weighted by Gasteiger charge is -2.35. The summed E-state index contributed by atoms with van der Waals surface area (Å²) in [4.78, 5) is 18.8. The Morgan fingerprint density at radius 2 is 2.10 bits per heavy atom. The summed E-state index contributed by atoms with van der Waals surface area (Å²) >= 11 is 0. The van der Waals surface area contributed by atoms with Gasteiger partial charge in [0.1, 0.15) is 0 Å². The van der Waals surface area contributed by atoms with Crippen LogP contribution in [0.2, 0.25) is 0 Å². The Hall–Kier alpha value is -0.650. The normalized spacial score (nSPS) is 32.0. The van der Waals surface area contributed by atoms with Crippen molar-refractivity contribution in [2.24, 2.45) is 0 Å². The van der Waals surface area contributed by atoms with Gasteiger partial charge in [-0.25, -0.2) is 0 Å². The van der Waals surface area contributed by atoms with Crippen molar-refractivity contribution in [3.63, 3.8) is 0 Å². The zero-order chi connectivity index (χ0) is 14.7. The summed E-state index contributed by atoms with van der Waals surface area (Å²) in [6.07, 6.45) is 3.97. The smallest absolute Gasteiger partial charge is 0.236 e. The number of carbonyl (C=O) groups is 1. The molecule has 0 aliphatic carbocycles. The highest BCUT2D eigenvalue weighted by molar-refractivity contribution is 5.78. The Labute approximate surface area is 122 Å². The number of hydrogen-bond acceptors (Lipinski definition) is 4. The summed E-state index contributed by atoms with van der Waals surface area (Å²) in [7, 11) is 4.08. The van der Waals surface area contributed by atoms with Crippen molar-refractivity contribution < 1.29 is 9.90 Å². The van der Waals surface area contributed by atoms with Crippen LogP contribution in [0.25, 0.3) is 0 Å². The molecule has 1 amide bonds. The molecule has 5 heteroatoms. The van der Waals surface area contributed by atoms with Crippen molar-refractivity contribution in [1.82, 2.24) is 14.7 Å². The van der Waals surface area contributed by atoms with Gasteiger partial charge in [-0.05, 0) is 46.7 Å². The van der Waals surface area contributed by atoms with E-state index in [1.807, 2.05) is 19.0 Å². The monoisotopic (exact) mass is 283 g/mol. The highest BCUT2D eigenvalue weighted by Crippen LogP contribution is 2.21. The molecule has 0 saturated carbocycles. The molecule has 0 aromatic carbocycles. The first-order valence-electron chi connectivity index (χ1n) is 7.83. The summed E-state index contributed by atoms with van der Waals surface area (Å²) in [6.45, 7) is 5.04. The molecule has 116 valence electrons. The number of nitrogens with zero attached hydrogens (tertiary/aromatic N) is 3. The number of aliphatic hydroxyl groups is 1. The lowest BCUT2D eigenvalue weighted by Crippen LogP contribution is -2.49. The Morgan fingerprint density at radius 1 is 1.35 bits per heavy atom. The van der Waals surface area contributed by atoms with Crippen molar-refractivity contribution >= 4 is 5.91 Å². The summed E-state index contributed by atoms with van der Waals surface area (Å²) in [5.41, 5.74) is 0. The van der Waals surface area contributed by atoms with E-state index in [0.29, 0.717) is 25.2 Å². The molecule has 2 aliphatic rings. The van der Waals surface area contributed by atoms with Gasteiger partial charge in [-0.1, -0.05) is 0 Å². The number of amides is 1. The highest BCUT2D eigenvalue weighted by Gasteiger charge is 2.34. The van der Waals surface area contributed by atoms with Crippen LogP contribution in [-0.4, -0.2) is 84.2 Å². The molecule has 0 aromatic heterocycles. The zero-order valence-electron chi connectivity index (χ0n) is 13.1. The van der Waals surface area contributed by atoms with Crippen molar-refractivity contribution in [3.8, 4) is 0 Å². The van der Waals surface area contributed by atoms with Crippen LogP contribution in [0.3, 0.4) is 0 Å². The fourth-order valence-electron chi connectivity index (χ4n) is 3.50. The molecule has 1 N–H and O–H groups in total. The van der Waals surface area contributed by atoms with E-state index in [4.69, 9.17) is 0 Å². The number of β-amino-alcohol motifs (C(OH)–C–C–N with tert-alkyl or cyclic N) is 1. The molecule has 2 fully saturated rings. The minimum absolute atomic E-state index is 0.232. The van der Waals surface area contributed by atoms with Gasteiger partial charge < -0.3 is 14.9 Å². The molecular formula is C15H29N3O2. The Kier molecular flexibility index (Phi) is 5.41. The van der Waals surface area contributed by atoms with Gasteiger partial charge in [0, 0.05) is 31.7 Å². The van der Waals surface area contributed by atoms with E-state index in [1.165, 1.54) is 6.42 Å². The zero-order valence-corrected chi connectivity index (χ0v) is 13.1. The quantitative estimate of drug-likeness (QED) is 0.810. The average molecular weight is 283 g/mol. The van der Waals surface area contributed by atoms with Crippen LogP contribution in [0.1, 0.15) is 32.6 Å². The van der Waals surface area contributed by atoms with Crippen LogP contribution >= 0.6 is 0 Å². The first kappa shape index (κ1) is 15.7. The molecule has 0 spiro atoms. The van der Waals surface area contributed by atoms with Gasteiger partial charge in [0.15, 0.2) is 0 Å². The third-order valence-corrected chi connectivity index (χ3v) is 4.54. The molecule has 0 bridgehead atoms. The van der Waals surface area contributed by atoms with Crippen LogP contribution in [0.4, 0.5) is 0 Å². The van der Waals surface area contributed by atoms with Crippen LogP contribution in [-0.2, 0) is 4.79 Å². The van der Waals surface area contributed by atoms with Crippen LogP contribution in [0, 0.1) is 0 Å². The third-order valence-electron chi connectivity index (χ3n) is 4.54. The molecular weight excluding hydrogens is 254 g/mol. The van der Waals surface area contributed by atoms with Gasteiger partial charge in [-0.15, -0.1) is 0 Å². The van der Waals surface area contributed by atoms with Gasteiger partial charge in [0.25, 0.3) is 0 Å². The largest absolute Gasteiger partial charge is 0.392 e. The molecule has 0 aromatic rings. The predicted molar refractivity (Wildman–Crippen MR) is 79.6 cm³/mol. The van der Waals surface area contributed by atoms with Gasteiger partial charge in [0.05, 0.1) is 12.6 Å². The predicted octanol–water partition coefficient (Wildman–Crippen LogP) is 0.384. The van der Waals surface area contributed by atoms with E-state index in [0.717, 1.165) is 32.4 Å². The molecule has 2 heterocycles. The van der Waals surface area contributed by atoms with E-state index >= 15 is 0 Å². The number of likely N-dealkylation sites (tertiary alicyclic amines) is 2. The average Bonchev–Trinajstić information content (AvgIpc) is 2.68. The first-order valence-corrected chi connectivity index (χ1v) is 7.83. The fraction of sp³-hybridized carbons (Fsp3) is 0.933. The maximum Gasteiger partial charge on any atom is 0.236 e. The number of aliphatic hydroxyl groups excluding tert-OH is 1. The minimum Gasteiger partial charge on any atom is -0.392 e. The number of likely N-dealkylation sites (N-methyl/N-ethyl adjacent to an activating group) is 1. The second kappa shape index (κ2) is 6.87. The summed E-state index contributed by atoms with van der Waals surface area (Å²) < 4.78 is 0. The fourth-order valence-corrected chi connectivity index (χ4v) is 3.50. The van der Waals surface area contributed by atoms with Crippen molar-refractivity contribution in [2.45, 2.75) is 50.8 Å². The van der Waals surface area contributed by atoms with E-state index in [2.05, 4.69) is 16.7 Å². The lowest BCUT2D eigenvalue weighted by molar-refractivity contribution is -0.136. The van der Waals surface area contributed by atoms with Crippen LogP contribution in [0.5, 0.6) is 0 Å². The second-order valence-electron chi connectivity index (χ2n) is 6.67. The molecule has 2 rings (SSSR count). The molecule has 20 heavy (non-hydrogen) atoms. The highest BCUT2D eigenvalue weighted by atomic mass is 16.3. The van der Waals surface area contributed by atoms with Crippen molar-refractivity contribution in [3.05, 3.63) is 0 Å². The topological polar surface area (TPSA) is 47.0 Å². The maximum atomic E-state index is 12.5. The Balaban J connectivity index is 1.91. The number of carbonyl (C=O) groups excluding carboxylic acids is 1. The maximum absolute atomic E-state index is 12.5. The first-order chi connectivity index (χ1) is 9.47. The SMILES string of the molecule is CC1CCCCN1C(=O)CN1CC(O)CC1CN(C)C. The molecule has 3 unspecified atom stereocenters. The number of hydrogen-bond donors (Lipinski definition) is 1. The van der Waals surface area contributed by atoms with E-state index < -0.39 is 0 Å². The molecule has 0 radical (unpaired) electrons. The molecule has 3 atom stereocenters. The minimum atomic E-state index is -0.286. The standard InChI is InChI=1S/C15H29N3O2/c1-12-6-4-5-7-18(12)15(20)11-17-10-14(19)8-13(17)9-16(2)3/h12-14,19H,4-11H2,1-3H3. The van der Waals surface area contributed by atoms with Crippen LogP contribution < -0.4 is 0 Å². The van der Waals surface area contributed by atoms with Crippen molar-refractivity contribution in [1.29, 1.82) is 0 Å². The van der Waals surface area contributed by atoms with Gasteiger partial charge in [0.2, 0.25) is 5.91 Å². The summed E-state index contributed by atoms with van der Waals surface area (Å²) in [6, 6.07) is 0.667. The molecule has 5 nitrogen and oxygen atoms in total. The van der Waals surface area contributed by atoms with Crippen molar-refractivity contribution in [2.75, 3.05) is 40.3 Å². The van der Waals surface area contributed by atoms with E-state index in [1.54, 1.807) is 0 Å². The van der Waals surface area contributed by atoms with Gasteiger partial charge in [-0.2, -0.15) is 0 Å². The Morgan fingerprint density at radius 3 is 2.75 bits per heavy atom. The Bertz CT molecular complexity index is 335. The molecule has 2 aliphatic heterocycles.